The highest BCUT2D eigenvalue weighted by molar-refractivity contribution is 5.76. The monoisotopic (exact) mass is 455 g/mol. The van der Waals surface area contributed by atoms with Crippen molar-refractivity contribution in [1.29, 1.82) is 0 Å². The lowest BCUT2D eigenvalue weighted by molar-refractivity contribution is -0.121. The molecule has 4 rings (SSSR count). The summed E-state index contributed by atoms with van der Waals surface area (Å²) in [6.07, 6.45) is 2.60. The Balaban J connectivity index is 1.59. The Hall–Kier alpha value is -3.26. The van der Waals surface area contributed by atoms with Gasteiger partial charge in [-0.15, -0.1) is 0 Å². The fourth-order valence-corrected chi connectivity index (χ4v) is 3.89. The van der Waals surface area contributed by atoms with Gasteiger partial charge < -0.3 is 14.8 Å². The van der Waals surface area contributed by atoms with Crippen LogP contribution in [0.5, 0.6) is 11.6 Å². The molecule has 0 spiro atoms. The number of ether oxygens (including phenoxy) is 2. The van der Waals surface area contributed by atoms with Gasteiger partial charge in [0.1, 0.15) is 5.82 Å². The molecule has 1 amide bonds. The Labute approximate surface area is 191 Å². The molecule has 3 aromatic rings. The topological polar surface area (TPSA) is 65.4 Å². The summed E-state index contributed by atoms with van der Waals surface area (Å²) in [7, 11) is 0. The van der Waals surface area contributed by atoms with Crippen LogP contribution < -0.4 is 10.1 Å². The number of rotatable bonds is 8. The number of hydrogen-bond donors (Lipinski definition) is 1. The second-order valence-corrected chi connectivity index (χ2v) is 8.24. The van der Waals surface area contributed by atoms with Crippen LogP contribution in [0.25, 0.3) is 5.69 Å². The van der Waals surface area contributed by atoms with E-state index in [2.05, 4.69) is 10.4 Å². The first-order chi connectivity index (χ1) is 15.9. The summed E-state index contributed by atoms with van der Waals surface area (Å²) in [4.78, 5) is 12.4. The van der Waals surface area contributed by atoms with Gasteiger partial charge in [-0.05, 0) is 62.9 Å². The Kier molecular flexibility index (Phi) is 7.03. The maximum Gasteiger partial charge on any atom is 0.226 e. The summed E-state index contributed by atoms with van der Waals surface area (Å²) < 4.78 is 40.8. The zero-order valence-corrected chi connectivity index (χ0v) is 18.7. The number of aryl methyl sites for hydroxylation is 2. The number of amides is 1. The molecule has 174 valence electrons. The van der Waals surface area contributed by atoms with Crippen molar-refractivity contribution >= 4 is 5.91 Å². The molecule has 1 saturated heterocycles. The van der Waals surface area contributed by atoms with Gasteiger partial charge in [-0.25, -0.2) is 13.5 Å². The van der Waals surface area contributed by atoms with Crippen LogP contribution in [0.4, 0.5) is 8.78 Å². The lowest BCUT2D eigenvalue weighted by Gasteiger charge is -2.13. The van der Waals surface area contributed by atoms with Gasteiger partial charge in [-0.3, -0.25) is 4.79 Å². The number of halogens is 2. The zero-order chi connectivity index (χ0) is 23.4. The molecule has 2 heterocycles. The SMILES string of the molecule is Cc1cccc(-n2nc(C)c(CCC(=O)NC[C@H]3CCCO3)c2Oc2ccc(F)cc2F)c1. The minimum Gasteiger partial charge on any atom is -0.436 e. The van der Waals surface area contributed by atoms with E-state index in [0.717, 1.165) is 42.8 Å². The van der Waals surface area contributed by atoms with Crippen LogP contribution in [0.1, 0.15) is 36.1 Å². The van der Waals surface area contributed by atoms with E-state index < -0.39 is 11.6 Å². The van der Waals surface area contributed by atoms with Crippen molar-refractivity contribution in [2.75, 3.05) is 13.2 Å². The molecule has 1 N–H and O–H groups in total. The minimum atomic E-state index is -0.815. The van der Waals surface area contributed by atoms with Crippen LogP contribution in [0.2, 0.25) is 0 Å². The summed E-state index contributed by atoms with van der Waals surface area (Å²) in [5, 5.41) is 7.51. The molecule has 1 aromatic heterocycles. The van der Waals surface area contributed by atoms with Gasteiger partial charge in [0, 0.05) is 31.2 Å². The van der Waals surface area contributed by atoms with Gasteiger partial charge in [0.2, 0.25) is 11.8 Å². The largest absolute Gasteiger partial charge is 0.436 e. The number of nitrogens with one attached hydrogen (secondary N) is 1. The molecule has 0 bridgehead atoms. The van der Waals surface area contributed by atoms with Crippen LogP contribution in [0.3, 0.4) is 0 Å². The van der Waals surface area contributed by atoms with Crippen molar-refractivity contribution < 1.29 is 23.0 Å². The van der Waals surface area contributed by atoms with Gasteiger partial charge >= 0.3 is 0 Å². The summed E-state index contributed by atoms with van der Waals surface area (Å²) >= 11 is 0. The normalized spacial score (nSPS) is 15.6. The third-order valence-electron chi connectivity index (χ3n) is 5.64. The van der Waals surface area contributed by atoms with E-state index in [-0.39, 0.29) is 24.2 Å². The zero-order valence-electron chi connectivity index (χ0n) is 18.7. The fraction of sp³-hybridized carbons (Fsp3) is 0.360. The Morgan fingerprint density at radius 3 is 2.82 bits per heavy atom. The van der Waals surface area contributed by atoms with Crippen LogP contribution in [0, 0.1) is 25.5 Å². The Morgan fingerprint density at radius 2 is 2.09 bits per heavy atom. The van der Waals surface area contributed by atoms with E-state index >= 15 is 0 Å². The lowest BCUT2D eigenvalue weighted by Crippen LogP contribution is -2.31. The number of aromatic nitrogens is 2. The molecule has 0 unspecified atom stereocenters. The van der Waals surface area contributed by atoms with Crippen molar-refractivity contribution in [3.8, 4) is 17.3 Å². The van der Waals surface area contributed by atoms with E-state index in [1.165, 1.54) is 6.07 Å². The Bertz CT molecular complexity index is 1140. The quantitative estimate of drug-likeness (QED) is 0.531. The molecule has 1 aliphatic rings. The van der Waals surface area contributed by atoms with Crippen molar-refractivity contribution in [3.05, 3.63) is 70.9 Å². The van der Waals surface area contributed by atoms with Crippen LogP contribution in [-0.4, -0.2) is 34.9 Å². The standard InChI is InChI=1S/C25H27F2N3O3/c1-16-5-3-6-19(13-16)30-25(33-23-10-8-18(26)14-22(23)27)21(17(2)29-30)9-11-24(31)28-15-20-7-4-12-32-20/h3,5-6,8,10,13-14,20H,4,7,9,11-12,15H2,1-2H3,(H,28,31)/t20-/m1/s1. The number of nitrogens with zero attached hydrogens (tertiary/aromatic N) is 2. The molecular weight excluding hydrogens is 428 g/mol. The van der Waals surface area contributed by atoms with E-state index in [4.69, 9.17) is 9.47 Å². The number of carbonyl (C=O) groups excluding carboxylic acids is 1. The van der Waals surface area contributed by atoms with E-state index in [1.807, 2.05) is 38.1 Å². The summed E-state index contributed by atoms with van der Waals surface area (Å²) in [6, 6.07) is 10.8. The molecule has 0 saturated carbocycles. The number of benzene rings is 2. The average Bonchev–Trinajstić information content (AvgIpc) is 3.41. The summed E-state index contributed by atoms with van der Waals surface area (Å²) in [5.74, 6) is -1.42. The van der Waals surface area contributed by atoms with E-state index in [0.29, 0.717) is 30.1 Å². The van der Waals surface area contributed by atoms with Crippen LogP contribution >= 0.6 is 0 Å². The predicted molar refractivity (Wildman–Crippen MR) is 120 cm³/mol. The molecule has 6 nitrogen and oxygen atoms in total. The maximum absolute atomic E-state index is 14.4. The van der Waals surface area contributed by atoms with Crippen molar-refractivity contribution in [2.24, 2.45) is 0 Å². The van der Waals surface area contributed by atoms with Crippen molar-refractivity contribution in [2.45, 2.75) is 45.6 Å². The predicted octanol–water partition coefficient (Wildman–Crippen LogP) is 4.79. The average molecular weight is 456 g/mol. The van der Waals surface area contributed by atoms with Crippen LogP contribution in [0.15, 0.2) is 42.5 Å². The molecule has 1 atom stereocenters. The first-order valence-electron chi connectivity index (χ1n) is 11.1. The lowest BCUT2D eigenvalue weighted by atomic mass is 10.1. The van der Waals surface area contributed by atoms with E-state index in [1.54, 1.807) is 4.68 Å². The van der Waals surface area contributed by atoms with E-state index in [9.17, 15) is 13.6 Å². The second kappa shape index (κ2) is 10.1. The Morgan fingerprint density at radius 1 is 1.24 bits per heavy atom. The third kappa shape index (κ3) is 5.57. The van der Waals surface area contributed by atoms with Gasteiger partial charge in [-0.1, -0.05) is 12.1 Å². The van der Waals surface area contributed by atoms with Gasteiger partial charge in [0.25, 0.3) is 0 Å². The second-order valence-electron chi connectivity index (χ2n) is 8.24. The van der Waals surface area contributed by atoms with Gasteiger partial charge in [0.05, 0.1) is 17.5 Å². The highest BCUT2D eigenvalue weighted by Crippen LogP contribution is 2.33. The maximum atomic E-state index is 14.4. The summed E-state index contributed by atoms with van der Waals surface area (Å²) in [5.41, 5.74) is 3.12. The minimum absolute atomic E-state index is 0.0695. The smallest absolute Gasteiger partial charge is 0.226 e. The third-order valence-corrected chi connectivity index (χ3v) is 5.64. The van der Waals surface area contributed by atoms with Crippen LogP contribution in [-0.2, 0) is 16.0 Å². The summed E-state index contributed by atoms with van der Waals surface area (Å²) in [6.45, 7) is 5.00. The van der Waals surface area contributed by atoms with Crippen molar-refractivity contribution in [1.82, 2.24) is 15.1 Å². The molecule has 8 heteroatoms. The molecule has 2 aromatic carbocycles. The fourth-order valence-electron chi connectivity index (χ4n) is 3.89. The molecule has 1 aliphatic heterocycles. The highest BCUT2D eigenvalue weighted by Gasteiger charge is 2.22. The first kappa shape index (κ1) is 22.9. The molecule has 0 aliphatic carbocycles. The first-order valence-corrected chi connectivity index (χ1v) is 11.1. The van der Waals surface area contributed by atoms with Gasteiger partial charge in [-0.2, -0.15) is 5.10 Å². The highest BCUT2D eigenvalue weighted by atomic mass is 19.1. The van der Waals surface area contributed by atoms with Gasteiger partial charge in [0.15, 0.2) is 11.6 Å². The molecule has 1 fully saturated rings. The van der Waals surface area contributed by atoms with Crippen molar-refractivity contribution in [3.63, 3.8) is 0 Å². The molecule has 33 heavy (non-hydrogen) atoms. The molecular formula is C25H27F2N3O3. The molecule has 0 radical (unpaired) electrons. The number of carbonyl (C=O) groups is 1. The number of hydrogen-bond acceptors (Lipinski definition) is 4.